The third-order valence-electron chi connectivity index (χ3n) is 3.28. The molecule has 0 amide bonds. The lowest BCUT2D eigenvalue weighted by Crippen LogP contribution is -2.28. The maximum Gasteiger partial charge on any atom is 0.133 e. The second kappa shape index (κ2) is 7.18. The Morgan fingerprint density at radius 3 is 2.48 bits per heavy atom. The van der Waals surface area contributed by atoms with E-state index in [1.54, 1.807) is 6.92 Å². The Balaban J connectivity index is 2.21. The first-order chi connectivity index (χ1) is 10.1. The van der Waals surface area contributed by atoms with Crippen LogP contribution in [0.1, 0.15) is 24.1 Å². The van der Waals surface area contributed by atoms with Crippen LogP contribution >= 0.6 is 0 Å². The van der Waals surface area contributed by atoms with E-state index in [2.05, 4.69) is 5.32 Å². The SMILES string of the molecule is CCNC(COc1ccccc1)c1c(F)ccc(C)c1F. The summed E-state index contributed by atoms with van der Waals surface area (Å²) in [5, 5.41) is 3.07. The number of rotatable bonds is 6. The molecule has 0 spiro atoms. The number of ether oxygens (including phenoxy) is 1. The predicted molar refractivity (Wildman–Crippen MR) is 79.4 cm³/mol. The molecule has 1 unspecified atom stereocenters. The number of halogens is 2. The molecule has 0 radical (unpaired) electrons. The molecule has 1 atom stereocenters. The van der Waals surface area contributed by atoms with Crippen LogP contribution in [0.3, 0.4) is 0 Å². The number of benzene rings is 2. The summed E-state index contributed by atoms with van der Waals surface area (Å²) in [4.78, 5) is 0. The zero-order valence-corrected chi connectivity index (χ0v) is 12.2. The molecule has 21 heavy (non-hydrogen) atoms. The van der Waals surface area contributed by atoms with E-state index < -0.39 is 17.7 Å². The zero-order valence-electron chi connectivity index (χ0n) is 12.2. The third kappa shape index (κ3) is 3.79. The summed E-state index contributed by atoms with van der Waals surface area (Å²) in [6.45, 7) is 4.27. The van der Waals surface area contributed by atoms with Crippen molar-refractivity contribution in [1.29, 1.82) is 0 Å². The lowest BCUT2D eigenvalue weighted by molar-refractivity contribution is 0.261. The van der Waals surface area contributed by atoms with Gasteiger partial charge in [0.15, 0.2) is 0 Å². The van der Waals surface area contributed by atoms with Crippen molar-refractivity contribution in [2.75, 3.05) is 13.2 Å². The van der Waals surface area contributed by atoms with Gasteiger partial charge >= 0.3 is 0 Å². The zero-order chi connectivity index (χ0) is 15.2. The molecule has 1 N–H and O–H groups in total. The van der Waals surface area contributed by atoms with Crippen molar-refractivity contribution < 1.29 is 13.5 Å². The van der Waals surface area contributed by atoms with Crippen LogP contribution < -0.4 is 10.1 Å². The van der Waals surface area contributed by atoms with Crippen molar-refractivity contribution in [2.24, 2.45) is 0 Å². The van der Waals surface area contributed by atoms with Crippen molar-refractivity contribution in [2.45, 2.75) is 19.9 Å². The van der Waals surface area contributed by atoms with E-state index in [1.165, 1.54) is 12.1 Å². The normalized spacial score (nSPS) is 12.2. The van der Waals surface area contributed by atoms with Crippen LogP contribution in [0.5, 0.6) is 5.75 Å². The molecule has 0 aliphatic carbocycles. The Hall–Kier alpha value is -1.94. The molecule has 2 rings (SSSR count). The van der Waals surface area contributed by atoms with Crippen LogP contribution in [0.4, 0.5) is 8.78 Å². The molecule has 112 valence electrons. The van der Waals surface area contributed by atoms with Gasteiger partial charge in [-0.15, -0.1) is 0 Å². The highest BCUT2D eigenvalue weighted by molar-refractivity contribution is 5.30. The minimum Gasteiger partial charge on any atom is -0.492 e. The highest BCUT2D eigenvalue weighted by atomic mass is 19.1. The average molecular weight is 291 g/mol. The molecule has 4 heteroatoms. The molecule has 0 fully saturated rings. The monoisotopic (exact) mass is 291 g/mol. The first kappa shape index (κ1) is 15.4. The highest BCUT2D eigenvalue weighted by Gasteiger charge is 2.21. The Labute approximate surface area is 123 Å². The third-order valence-corrected chi connectivity index (χ3v) is 3.28. The molecule has 2 aromatic carbocycles. The van der Waals surface area contributed by atoms with Gasteiger partial charge in [-0.25, -0.2) is 8.78 Å². The maximum atomic E-state index is 14.2. The van der Waals surface area contributed by atoms with E-state index >= 15 is 0 Å². The number of aryl methyl sites for hydroxylation is 1. The molecule has 2 aromatic rings. The van der Waals surface area contributed by atoms with Crippen molar-refractivity contribution in [3.8, 4) is 5.75 Å². The maximum absolute atomic E-state index is 14.2. The fourth-order valence-electron chi connectivity index (χ4n) is 2.18. The van der Waals surface area contributed by atoms with Crippen molar-refractivity contribution in [3.05, 3.63) is 65.2 Å². The van der Waals surface area contributed by atoms with E-state index in [4.69, 9.17) is 4.74 Å². The predicted octanol–water partition coefficient (Wildman–Crippen LogP) is 4.00. The largest absolute Gasteiger partial charge is 0.492 e. The molecule has 0 bridgehead atoms. The molecule has 0 aliphatic rings. The van der Waals surface area contributed by atoms with Gasteiger partial charge in [0.05, 0.1) is 6.04 Å². The Kier molecular flexibility index (Phi) is 5.28. The van der Waals surface area contributed by atoms with Gasteiger partial charge in [0.25, 0.3) is 0 Å². The van der Waals surface area contributed by atoms with Crippen LogP contribution in [0.15, 0.2) is 42.5 Å². The Bertz CT molecular complexity index is 587. The van der Waals surface area contributed by atoms with E-state index in [-0.39, 0.29) is 12.2 Å². The minimum absolute atomic E-state index is 0.0350. The number of hydrogen-bond acceptors (Lipinski definition) is 2. The molecule has 0 saturated heterocycles. The summed E-state index contributed by atoms with van der Waals surface area (Å²) in [7, 11) is 0. The summed E-state index contributed by atoms with van der Waals surface area (Å²) in [6.07, 6.45) is 0. The topological polar surface area (TPSA) is 21.3 Å². The molecular formula is C17H19F2NO. The number of likely N-dealkylation sites (N-methyl/N-ethyl adjacent to an activating group) is 1. The number of nitrogens with one attached hydrogen (secondary N) is 1. The number of para-hydroxylation sites is 1. The molecule has 0 heterocycles. The van der Waals surface area contributed by atoms with Gasteiger partial charge in [0.2, 0.25) is 0 Å². The minimum atomic E-state index is -0.555. The van der Waals surface area contributed by atoms with Crippen LogP contribution in [0.25, 0.3) is 0 Å². The van der Waals surface area contributed by atoms with Gasteiger partial charge in [0, 0.05) is 5.56 Å². The van der Waals surface area contributed by atoms with Crippen LogP contribution in [-0.4, -0.2) is 13.2 Å². The van der Waals surface area contributed by atoms with Gasteiger partial charge in [-0.2, -0.15) is 0 Å². The summed E-state index contributed by atoms with van der Waals surface area (Å²) >= 11 is 0. The highest BCUT2D eigenvalue weighted by Crippen LogP contribution is 2.24. The molecule has 0 saturated carbocycles. The Morgan fingerprint density at radius 1 is 1.10 bits per heavy atom. The lowest BCUT2D eigenvalue weighted by Gasteiger charge is -2.21. The van der Waals surface area contributed by atoms with Crippen molar-refractivity contribution in [3.63, 3.8) is 0 Å². The van der Waals surface area contributed by atoms with E-state index in [0.29, 0.717) is 17.9 Å². The Morgan fingerprint density at radius 2 is 1.81 bits per heavy atom. The second-order valence-electron chi connectivity index (χ2n) is 4.83. The smallest absolute Gasteiger partial charge is 0.133 e. The lowest BCUT2D eigenvalue weighted by atomic mass is 10.0. The van der Waals surface area contributed by atoms with Gasteiger partial charge in [-0.3, -0.25) is 0 Å². The van der Waals surface area contributed by atoms with E-state index in [9.17, 15) is 8.78 Å². The van der Waals surface area contributed by atoms with Crippen LogP contribution in [0, 0.1) is 18.6 Å². The van der Waals surface area contributed by atoms with Gasteiger partial charge in [-0.1, -0.05) is 31.2 Å². The summed E-state index contributed by atoms with van der Waals surface area (Å²) in [6, 6.07) is 11.4. The summed E-state index contributed by atoms with van der Waals surface area (Å²) < 4.78 is 33.8. The standard InChI is InChI=1S/C17H19F2NO/c1-3-20-15(11-21-13-7-5-4-6-8-13)16-14(18)10-9-12(2)17(16)19/h4-10,15,20H,3,11H2,1-2H3. The fourth-order valence-corrected chi connectivity index (χ4v) is 2.18. The average Bonchev–Trinajstić information content (AvgIpc) is 2.50. The van der Waals surface area contributed by atoms with E-state index in [1.807, 2.05) is 37.3 Å². The first-order valence-electron chi connectivity index (χ1n) is 6.99. The number of hydrogen-bond donors (Lipinski definition) is 1. The van der Waals surface area contributed by atoms with Gasteiger partial charge < -0.3 is 10.1 Å². The van der Waals surface area contributed by atoms with Crippen molar-refractivity contribution in [1.82, 2.24) is 5.32 Å². The molecule has 2 nitrogen and oxygen atoms in total. The summed E-state index contributed by atoms with van der Waals surface area (Å²) in [5.74, 6) is -0.396. The van der Waals surface area contributed by atoms with Crippen LogP contribution in [-0.2, 0) is 0 Å². The van der Waals surface area contributed by atoms with Gasteiger partial charge in [0.1, 0.15) is 24.0 Å². The molecule has 0 aliphatic heterocycles. The fraction of sp³-hybridized carbons (Fsp3) is 0.294. The molecular weight excluding hydrogens is 272 g/mol. The van der Waals surface area contributed by atoms with E-state index in [0.717, 1.165) is 0 Å². The molecule has 0 aromatic heterocycles. The van der Waals surface area contributed by atoms with Gasteiger partial charge in [-0.05, 0) is 37.2 Å². The van der Waals surface area contributed by atoms with Crippen LogP contribution in [0.2, 0.25) is 0 Å². The first-order valence-corrected chi connectivity index (χ1v) is 6.99. The second-order valence-corrected chi connectivity index (χ2v) is 4.83. The quantitative estimate of drug-likeness (QED) is 0.868. The summed E-state index contributed by atoms with van der Waals surface area (Å²) in [5.41, 5.74) is 0.460. The van der Waals surface area contributed by atoms with Crippen molar-refractivity contribution >= 4 is 0 Å².